The van der Waals surface area contributed by atoms with Crippen LogP contribution in [0, 0.1) is 10.1 Å². The normalized spacial score (nSPS) is 10.7. The van der Waals surface area contributed by atoms with Crippen molar-refractivity contribution in [2.24, 2.45) is 0 Å². The molecule has 96 valence electrons. The van der Waals surface area contributed by atoms with Gasteiger partial charge in [0, 0.05) is 0 Å². The van der Waals surface area contributed by atoms with Crippen LogP contribution in [0.4, 0.5) is 11.4 Å². The SMILES string of the molecule is [N-]=[N+]=CCS(=O)(=O)c1cc(N)c(O)cc1[N+](=O)[O-]. The van der Waals surface area contributed by atoms with E-state index in [1.165, 1.54) is 0 Å². The van der Waals surface area contributed by atoms with Crippen molar-refractivity contribution in [1.82, 2.24) is 0 Å². The van der Waals surface area contributed by atoms with Gasteiger partial charge in [-0.3, -0.25) is 10.1 Å². The molecular weight excluding hydrogens is 264 g/mol. The number of phenolic OH excluding ortho intramolecular Hbond substituents is 1. The van der Waals surface area contributed by atoms with E-state index in [1.807, 2.05) is 0 Å². The number of nitrogens with zero attached hydrogens (tertiary/aromatic N) is 3. The molecule has 1 aromatic carbocycles. The number of nitro benzene ring substituents is 1. The zero-order valence-electron chi connectivity index (χ0n) is 8.85. The summed E-state index contributed by atoms with van der Waals surface area (Å²) in [6, 6.07) is 1.44. The Morgan fingerprint density at radius 1 is 1.56 bits per heavy atom. The Labute approximate surface area is 101 Å². The van der Waals surface area contributed by atoms with Gasteiger partial charge in [0.15, 0.2) is 9.84 Å². The predicted molar refractivity (Wildman–Crippen MR) is 60.9 cm³/mol. The first-order valence-electron chi connectivity index (χ1n) is 4.45. The number of anilines is 1. The summed E-state index contributed by atoms with van der Waals surface area (Å²) in [4.78, 5) is 11.6. The topological polar surface area (TPSA) is 160 Å². The van der Waals surface area contributed by atoms with Crippen LogP contribution in [0.25, 0.3) is 5.53 Å². The summed E-state index contributed by atoms with van der Waals surface area (Å²) in [6.45, 7) is 0. The molecule has 0 bridgehead atoms. The molecule has 0 aliphatic carbocycles. The number of aromatic hydroxyl groups is 1. The van der Waals surface area contributed by atoms with Gasteiger partial charge in [0.05, 0.1) is 16.7 Å². The van der Waals surface area contributed by atoms with E-state index in [0.717, 1.165) is 6.07 Å². The average molecular weight is 272 g/mol. The molecule has 0 unspecified atom stereocenters. The number of rotatable bonds is 4. The second-order valence-electron chi connectivity index (χ2n) is 3.22. The fourth-order valence-corrected chi connectivity index (χ4v) is 2.39. The Hall–Kier alpha value is -2.45. The molecule has 0 aliphatic heterocycles. The van der Waals surface area contributed by atoms with Gasteiger partial charge < -0.3 is 16.4 Å². The molecule has 0 amide bonds. The minimum Gasteiger partial charge on any atom is -0.506 e. The lowest BCUT2D eigenvalue weighted by Crippen LogP contribution is -2.11. The Bertz CT molecular complexity index is 648. The molecule has 9 nitrogen and oxygen atoms in total. The van der Waals surface area contributed by atoms with Crippen molar-refractivity contribution in [2.75, 3.05) is 11.5 Å². The van der Waals surface area contributed by atoms with Gasteiger partial charge in [0.25, 0.3) is 11.9 Å². The summed E-state index contributed by atoms with van der Waals surface area (Å²) in [5.41, 5.74) is 12.4. The Balaban J connectivity index is 3.53. The highest BCUT2D eigenvalue weighted by Gasteiger charge is 2.28. The first-order valence-corrected chi connectivity index (χ1v) is 6.10. The van der Waals surface area contributed by atoms with Crippen molar-refractivity contribution in [2.45, 2.75) is 4.90 Å². The van der Waals surface area contributed by atoms with Crippen molar-refractivity contribution in [3.63, 3.8) is 0 Å². The molecule has 0 saturated carbocycles. The third-order valence-electron chi connectivity index (χ3n) is 2.02. The highest BCUT2D eigenvalue weighted by Crippen LogP contribution is 2.33. The second-order valence-corrected chi connectivity index (χ2v) is 5.22. The van der Waals surface area contributed by atoms with Gasteiger partial charge in [0.1, 0.15) is 16.4 Å². The molecule has 3 N–H and O–H groups in total. The monoisotopic (exact) mass is 272 g/mol. The first kappa shape index (κ1) is 13.6. The maximum atomic E-state index is 11.7. The van der Waals surface area contributed by atoms with Crippen LogP contribution in [0.15, 0.2) is 17.0 Å². The molecule has 0 radical (unpaired) electrons. The molecule has 0 saturated heterocycles. The second kappa shape index (κ2) is 4.82. The molecule has 0 heterocycles. The van der Waals surface area contributed by atoms with Crippen LogP contribution in [0.2, 0.25) is 0 Å². The summed E-state index contributed by atoms with van der Waals surface area (Å²) in [6.07, 6.45) is 0.669. The van der Waals surface area contributed by atoms with E-state index in [9.17, 15) is 23.6 Å². The first-order chi connectivity index (χ1) is 8.29. The number of nitro groups is 1. The largest absolute Gasteiger partial charge is 0.506 e. The molecule has 0 aliphatic rings. The van der Waals surface area contributed by atoms with Crippen molar-refractivity contribution in [3.05, 3.63) is 27.8 Å². The van der Waals surface area contributed by atoms with Crippen LogP contribution in [-0.2, 0) is 9.84 Å². The van der Waals surface area contributed by atoms with Gasteiger partial charge in [-0.05, 0) is 6.07 Å². The van der Waals surface area contributed by atoms with E-state index in [2.05, 4.69) is 4.79 Å². The van der Waals surface area contributed by atoms with Crippen LogP contribution in [0.3, 0.4) is 0 Å². The minimum atomic E-state index is -4.08. The lowest BCUT2D eigenvalue weighted by atomic mass is 10.2. The molecule has 0 fully saturated rings. The van der Waals surface area contributed by atoms with Gasteiger partial charge in [-0.1, -0.05) is 0 Å². The van der Waals surface area contributed by atoms with Crippen LogP contribution in [0.1, 0.15) is 0 Å². The quantitative estimate of drug-likeness (QED) is 0.149. The van der Waals surface area contributed by atoms with Gasteiger partial charge in [-0.15, -0.1) is 0 Å². The van der Waals surface area contributed by atoms with E-state index in [4.69, 9.17) is 11.3 Å². The van der Waals surface area contributed by atoms with Gasteiger partial charge in [0.2, 0.25) is 0 Å². The van der Waals surface area contributed by atoms with Crippen molar-refractivity contribution in [1.29, 1.82) is 0 Å². The van der Waals surface area contributed by atoms with Crippen LogP contribution in [0.5, 0.6) is 5.75 Å². The molecular formula is C8H8N4O5S. The molecule has 1 rings (SSSR count). The maximum absolute atomic E-state index is 11.7. The van der Waals surface area contributed by atoms with Crippen LogP contribution in [-0.4, -0.2) is 35.2 Å². The number of nitrogens with two attached hydrogens (primary N) is 1. The highest BCUT2D eigenvalue weighted by atomic mass is 32.2. The van der Waals surface area contributed by atoms with Crippen molar-refractivity contribution in [3.8, 4) is 5.75 Å². The summed E-state index contributed by atoms with van der Waals surface area (Å²) >= 11 is 0. The number of sulfone groups is 1. The summed E-state index contributed by atoms with van der Waals surface area (Å²) in [5, 5.41) is 19.9. The zero-order valence-corrected chi connectivity index (χ0v) is 9.66. The van der Waals surface area contributed by atoms with E-state index >= 15 is 0 Å². The smallest absolute Gasteiger partial charge is 0.291 e. The van der Waals surface area contributed by atoms with Crippen LogP contribution < -0.4 is 5.73 Å². The summed E-state index contributed by atoms with van der Waals surface area (Å²) < 4.78 is 23.5. The fraction of sp³-hybridized carbons (Fsp3) is 0.125. The summed E-state index contributed by atoms with van der Waals surface area (Å²) in [5.74, 6) is -1.31. The molecule has 0 aromatic heterocycles. The standard InChI is InChI=1S/C8H8N4O5S/c9-5-3-8(18(16,17)2-1-11-10)6(12(14)15)4-7(5)13/h1,3-4,13H,2,9H2. The molecule has 0 spiro atoms. The molecule has 18 heavy (non-hydrogen) atoms. The van der Waals surface area contributed by atoms with Gasteiger partial charge in [-0.25, -0.2) is 8.42 Å². The molecule has 0 atom stereocenters. The van der Waals surface area contributed by atoms with E-state index in [-0.39, 0.29) is 5.69 Å². The number of nitrogen functional groups attached to an aromatic ring is 1. The van der Waals surface area contributed by atoms with Crippen LogP contribution >= 0.6 is 0 Å². The summed E-state index contributed by atoms with van der Waals surface area (Å²) in [7, 11) is -4.08. The number of phenols is 1. The fourth-order valence-electron chi connectivity index (χ4n) is 1.19. The number of hydrogen-bond donors (Lipinski definition) is 2. The predicted octanol–water partition coefficient (Wildman–Crippen LogP) is -0.0431. The van der Waals surface area contributed by atoms with Crippen molar-refractivity contribution >= 4 is 27.4 Å². The van der Waals surface area contributed by atoms with E-state index in [0.29, 0.717) is 12.3 Å². The maximum Gasteiger partial charge on any atom is 0.291 e. The minimum absolute atomic E-state index is 0.305. The number of hydrogen-bond acceptors (Lipinski definition) is 6. The lowest BCUT2D eigenvalue weighted by molar-refractivity contribution is -0.387. The lowest BCUT2D eigenvalue weighted by Gasteiger charge is -2.04. The molecule has 10 heteroatoms. The Morgan fingerprint density at radius 2 is 2.17 bits per heavy atom. The Kier molecular flexibility index (Phi) is 3.64. The molecule has 1 aromatic rings. The van der Waals surface area contributed by atoms with Gasteiger partial charge >= 0.3 is 0 Å². The highest BCUT2D eigenvalue weighted by molar-refractivity contribution is 7.92. The third-order valence-corrected chi connectivity index (χ3v) is 3.60. The zero-order chi connectivity index (χ0) is 13.9. The van der Waals surface area contributed by atoms with E-state index in [1.54, 1.807) is 0 Å². The average Bonchev–Trinajstić information content (AvgIpc) is 2.29. The third kappa shape index (κ3) is 2.62. The Morgan fingerprint density at radius 3 is 2.67 bits per heavy atom. The van der Waals surface area contributed by atoms with Crippen molar-refractivity contribution < 1.29 is 23.2 Å². The number of benzene rings is 1. The van der Waals surface area contributed by atoms with Gasteiger partial charge in [-0.2, -0.15) is 4.79 Å². The van der Waals surface area contributed by atoms with E-state index < -0.39 is 36.8 Å².